The predicted octanol–water partition coefficient (Wildman–Crippen LogP) is 6.85. The predicted molar refractivity (Wildman–Crippen MR) is 144 cm³/mol. The monoisotopic (exact) mass is 457 g/mol. The summed E-state index contributed by atoms with van der Waals surface area (Å²) in [5.74, 6) is 0.752. The SMILES string of the molecule is Cc1ccccc1.Cn1cnc2cc(Nc3nnc(Cc4ccccc4)c4ccccc34)ccc21. The summed E-state index contributed by atoms with van der Waals surface area (Å²) < 4.78 is 2.01. The number of aromatic nitrogens is 4. The molecule has 5 nitrogen and oxygen atoms in total. The second-order valence-corrected chi connectivity index (χ2v) is 8.54. The van der Waals surface area contributed by atoms with Crippen LogP contribution >= 0.6 is 0 Å². The lowest BCUT2D eigenvalue weighted by atomic mass is 10.0. The van der Waals surface area contributed by atoms with Crippen molar-refractivity contribution in [2.24, 2.45) is 7.05 Å². The van der Waals surface area contributed by atoms with Gasteiger partial charge in [-0.3, -0.25) is 0 Å². The number of hydrogen-bond acceptors (Lipinski definition) is 4. The Morgan fingerprint density at radius 1 is 0.743 bits per heavy atom. The second kappa shape index (κ2) is 10.2. The van der Waals surface area contributed by atoms with E-state index in [1.807, 2.05) is 66.5 Å². The maximum Gasteiger partial charge on any atom is 0.160 e. The molecule has 0 radical (unpaired) electrons. The van der Waals surface area contributed by atoms with Gasteiger partial charge in [0.15, 0.2) is 5.82 Å². The second-order valence-electron chi connectivity index (χ2n) is 8.54. The highest BCUT2D eigenvalue weighted by Gasteiger charge is 2.11. The lowest BCUT2D eigenvalue weighted by molar-refractivity contribution is 0.947. The summed E-state index contributed by atoms with van der Waals surface area (Å²) in [6.07, 6.45) is 2.58. The number of benzene rings is 4. The molecule has 35 heavy (non-hydrogen) atoms. The van der Waals surface area contributed by atoms with Crippen molar-refractivity contribution in [2.75, 3.05) is 5.32 Å². The fourth-order valence-electron chi connectivity index (χ4n) is 4.06. The van der Waals surface area contributed by atoms with E-state index in [2.05, 4.69) is 82.0 Å². The summed E-state index contributed by atoms with van der Waals surface area (Å²) in [6, 6.07) is 35.0. The minimum absolute atomic E-state index is 0.752. The molecule has 6 rings (SSSR count). The zero-order chi connectivity index (χ0) is 24.0. The fourth-order valence-corrected chi connectivity index (χ4v) is 4.06. The number of fused-ring (bicyclic) bond motifs is 2. The van der Waals surface area contributed by atoms with Crippen LogP contribution in [-0.4, -0.2) is 19.7 Å². The lowest BCUT2D eigenvalue weighted by Crippen LogP contribution is -2.02. The van der Waals surface area contributed by atoms with Gasteiger partial charge in [-0.25, -0.2) is 4.98 Å². The highest BCUT2D eigenvalue weighted by atomic mass is 15.2. The molecular weight excluding hydrogens is 430 g/mol. The topological polar surface area (TPSA) is 55.6 Å². The van der Waals surface area contributed by atoms with E-state index >= 15 is 0 Å². The van der Waals surface area contributed by atoms with Crippen molar-refractivity contribution in [3.05, 3.63) is 126 Å². The summed E-state index contributed by atoms with van der Waals surface area (Å²) in [6.45, 7) is 2.08. The van der Waals surface area contributed by atoms with Crippen LogP contribution in [-0.2, 0) is 13.5 Å². The lowest BCUT2D eigenvalue weighted by Gasteiger charge is -2.11. The van der Waals surface area contributed by atoms with Crippen molar-refractivity contribution in [1.29, 1.82) is 0 Å². The largest absolute Gasteiger partial charge is 0.338 e. The fraction of sp³-hybridized carbons (Fsp3) is 0.100. The van der Waals surface area contributed by atoms with Crippen LogP contribution in [0.15, 0.2) is 109 Å². The van der Waals surface area contributed by atoms with E-state index in [4.69, 9.17) is 0 Å². The van der Waals surface area contributed by atoms with Crippen molar-refractivity contribution in [3.63, 3.8) is 0 Å². The normalized spacial score (nSPS) is 10.7. The summed E-state index contributed by atoms with van der Waals surface area (Å²) in [5.41, 5.74) is 6.52. The van der Waals surface area contributed by atoms with E-state index in [1.54, 1.807) is 0 Å². The van der Waals surface area contributed by atoms with Gasteiger partial charge in [-0.2, -0.15) is 5.10 Å². The molecule has 4 aromatic carbocycles. The minimum Gasteiger partial charge on any atom is -0.338 e. The summed E-state index contributed by atoms with van der Waals surface area (Å²) >= 11 is 0. The molecule has 5 heteroatoms. The number of rotatable bonds is 4. The molecule has 0 unspecified atom stereocenters. The third-order valence-corrected chi connectivity index (χ3v) is 5.91. The minimum atomic E-state index is 0.752. The van der Waals surface area contributed by atoms with Crippen molar-refractivity contribution in [2.45, 2.75) is 13.3 Å². The van der Waals surface area contributed by atoms with Gasteiger partial charge in [-0.15, -0.1) is 5.10 Å². The van der Waals surface area contributed by atoms with Gasteiger partial charge >= 0.3 is 0 Å². The Labute approximate surface area is 205 Å². The van der Waals surface area contributed by atoms with Gasteiger partial charge in [-0.05, 0) is 30.7 Å². The molecule has 0 saturated heterocycles. The Balaban J connectivity index is 0.000000313. The maximum atomic E-state index is 4.53. The molecule has 0 aliphatic heterocycles. The first kappa shape index (κ1) is 22.3. The van der Waals surface area contributed by atoms with E-state index < -0.39 is 0 Å². The first-order valence-corrected chi connectivity index (χ1v) is 11.7. The van der Waals surface area contributed by atoms with Gasteiger partial charge < -0.3 is 9.88 Å². The number of imidazole rings is 1. The van der Waals surface area contributed by atoms with Crippen LogP contribution in [0, 0.1) is 6.92 Å². The Bertz CT molecular complexity index is 1560. The van der Waals surface area contributed by atoms with E-state index in [1.165, 1.54) is 11.1 Å². The maximum absolute atomic E-state index is 4.53. The molecule has 2 aromatic heterocycles. The first-order valence-electron chi connectivity index (χ1n) is 11.7. The molecule has 0 fully saturated rings. The van der Waals surface area contributed by atoms with Crippen LogP contribution in [0.3, 0.4) is 0 Å². The molecular formula is C30H27N5. The molecule has 0 aliphatic rings. The molecule has 2 heterocycles. The van der Waals surface area contributed by atoms with E-state index in [9.17, 15) is 0 Å². The average Bonchev–Trinajstić information content (AvgIpc) is 3.27. The standard InChI is InChI=1S/C23H19N5.C7H8/c1-28-15-24-21-14-17(11-12-22(21)28)25-23-19-10-6-5-9-18(19)20(26-27-23)13-16-7-3-2-4-8-16;1-7-5-3-2-4-6-7/h2-12,14-15H,13H2,1H3,(H,25,27);2-6H,1H3. The molecule has 0 saturated carbocycles. The van der Waals surface area contributed by atoms with Gasteiger partial charge in [0.1, 0.15) is 0 Å². The van der Waals surface area contributed by atoms with Crippen LogP contribution < -0.4 is 5.32 Å². The van der Waals surface area contributed by atoms with Crippen LogP contribution in [0.1, 0.15) is 16.8 Å². The third kappa shape index (κ3) is 5.20. The molecule has 0 bridgehead atoms. The number of anilines is 2. The highest BCUT2D eigenvalue weighted by Crippen LogP contribution is 2.28. The summed E-state index contributed by atoms with van der Waals surface area (Å²) in [5, 5.41) is 14.6. The van der Waals surface area contributed by atoms with Crippen molar-refractivity contribution in [3.8, 4) is 0 Å². The van der Waals surface area contributed by atoms with Crippen molar-refractivity contribution >= 4 is 33.3 Å². The van der Waals surface area contributed by atoms with Crippen molar-refractivity contribution in [1.82, 2.24) is 19.7 Å². The zero-order valence-corrected chi connectivity index (χ0v) is 19.9. The number of hydrogen-bond donors (Lipinski definition) is 1. The van der Waals surface area contributed by atoms with Gasteiger partial charge in [0.05, 0.1) is 23.1 Å². The van der Waals surface area contributed by atoms with Gasteiger partial charge in [0.25, 0.3) is 0 Å². The molecule has 172 valence electrons. The number of nitrogens with zero attached hydrogens (tertiary/aromatic N) is 4. The van der Waals surface area contributed by atoms with Crippen LogP contribution in [0.4, 0.5) is 11.5 Å². The quantitative estimate of drug-likeness (QED) is 0.315. The molecule has 1 N–H and O–H groups in total. The van der Waals surface area contributed by atoms with Gasteiger partial charge in [0.2, 0.25) is 0 Å². The van der Waals surface area contributed by atoms with Crippen LogP contribution in [0.2, 0.25) is 0 Å². The number of nitrogens with one attached hydrogen (secondary N) is 1. The molecule has 6 aromatic rings. The molecule has 0 spiro atoms. The average molecular weight is 458 g/mol. The first-order chi connectivity index (χ1) is 17.2. The molecule has 0 amide bonds. The van der Waals surface area contributed by atoms with Gasteiger partial charge in [-0.1, -0.05) is 90.5 Å². The zero-order valence-electron chi connectivity index (χ0n) is 19.9. The molecule has 0 aliphatic carbocycles. The summed E-state index contributed by atoms with van der Waals surface area (Å²) in [7, 11) is 1.99. The van der Waals surface area contributed by atoms with Crippen molar-refractivity contribution < 1.29 is 0 Å². The van der Waals surface area contributed by atoms with Crippen LogP contribution in [0.5, 0.6) is 0 Å². The van der Waals surface area contributed by atoms with E-state index in [0.29, 0.717) is 0 Å². The van der Waals surface area contributed by atoms with Gasteiger partial charge in [0, 0.05) is 29.9 Å². The Morgan fingerprint density at radius 3 is 2.14 bits per heavy atom. The van der Waals surface area contributed by atoms with Crippen LogP contribution in [0.25, 0.3) is 21.8 Å². The summed E-state index contributed by atoms with van der Waals surface area (Å²) in [4.78, 5) is 4.43. The Morgan fingerprint density at radius 2 is 1.43 bits per heavy atom. The molecule has 0 atom stereocenters. The number of aryl methyl sites for hydroxylation is 2. The van der Waals surface area contributed by atoms with E-state index in [0.717, 1.165) is 45.4 Å². The van der Waals surface area contributed by atoms with E-state index in [-0.39, 0.29) is 0 Å². The Kier molecular flexibility index (Phi) is 6.48. The smallest absolute Gasteiger partial charge is 0.160 e. The highest BCUT2D eigenvalue weighted by molar-refractivity contribution is 5.95. The Hall–Kier alpha value is -4.51. The third-order valence-electron chi connectivity index (χ3n) is 5.91.